The summed E-state index contributed by atoms with van der Waals surface area (Å²) in [6.07, 6.45) is 4.29. The van der Waals surface area contributed by atoms with Crippen molar-refractivity contribution in [3.8, 4) is 23.0 Å². The van der Waals surface area contributed by atoms with Crippen LogP contribution in [0.2, 0.25) is 0 Å². The number of carbonyl (C=O) groups excluding carboxylic acids is 2. The summed E-state index contributed by atoms with van der Waals surface area (Å²) in [7, 11) is 4.53. The average molecular weight is 716 g/mol. The highest BCUT2D eigenvalue weighted by atomic mass is 32.2. The second-order valence-corrected chi connectivity index (χ2v) is 13.5. The minimum Gasteiger partial charge on any atom is -0.744 e. The van der Waals surface area contributed by atoms with Crippen LogP contribution in [0.4, 0.5) is 0 Å². The first kappa shape index (κ1) is 40.1. The summed E-state index contributed by atoms with van der Waals surface area (Å²) in [4.78, 5) is 23.3. The van der Waals surface area contributed by atoms with E-state index >= 15 is 0 Å². The van der Waals surface area contributed by atoms with Gasteiger partial charge in [0.15, 0.2) is 23.0 Å². The largest absolute Gasteiger partial charge is 0.744 e. The molecule has 13 heteroatoms. The Balaban J connectivity index is 0.000000578. The van der Waals surface area contributed by atoms with Crippen LogP contribution in [0.15, 0.2) is 65.6 Å². The Morgan fingerprint density at radius 2 is 1.40 bits per heavy atom. The highest BCUT2D eigenvalue weighted by molar-refractivity contribution is 7.85. The molecule has 0 fully saturated rings. The number of benzene rings is 3. The second kappa shape index (κ2) is 19.2. The van der Waals surface area contributed by atoms with Gasteiger partial charge in [-0.25, -0.2) is 8.42 Å². The predicted octanol–water partition coefficient (Wildman–Crippen LogP) is 5.26. The second-order valence-electron chi connectivity index (χ2n) is 12.1. The van der Waals surface area contributed by atoms with Crippen LogP contribution in [0.5, 0.6) is 23.0 Å². The first-order valence-corrected chi connectivity index (χ1v) is 17.9. The van der Waals surface area contributed by atoms with Crippen LogP contribution in [0, 0.1) is 0 Å². The standard InChI is InChI=1S/C31H44NO8.C6H6O3S/c1-22(33)39-16-8-7-9-17-40-31(34)13-15-32(2)14-12-24-20-29(37-5)30(38-6)21-25(24)26(32)18-23-10-11-27(35-3)28(19-23)36-4;7-10(8,9)6-4-2-1-3-5-6/h10-11,19-21,26H,7-9,12-18H2,1-6H3;1-5H,(H,7,8,9)/q+1;/p-1/t26-,32-;/m1./s1. The summed E-state index contributed by atoms with van der Waals surface area (Å²) in [5.41, 5.74) is 3.54. The van der Waals surface area contributed by atoms with Crippen molar-refractivity contribution in [1.29, 1.82) is 0 Å². The molecule has 0 saturated carbocycles. The molecule has 0 bridgehead atoms. The zero-order valence-electron chi connectivity index (χ0n) is 29.8. The molecule has 50 heavy (non-hydrogen) atoms. The number of nitrogens with zero attached hydrogens (tertiary/aromatic N) is 1. The number of hydrogen-bond donors (Lipinski definition) is 0. The summed E-state index contributed by atoms with van der Waals surface area (Å²) in [5, 5.41) is 0. The fourth-order valence-corrected chi connectivity index (χ4v) is 6.44. The molecule has 0 aliphatic carbocycles. The molecule has 274 valence electrons. The third-order valence-electron chi connectivity index (χ3n) is 8.74. The van der Waals surface area contributed by atoms with Gasteiger partial charge in [0, 0.05) is 25.3 Å². The van der Waals surface area contributed by atoms with E-state index in [4.69, 9.17) is 28.4 Å². The molecule has 2 atom stereocenters. The fourth-order valence-electron chi connectivity index (χ4n) is 5.95. The van der Waals surface area contributed by atoms with Gasteiger partial charge in [0.2, 0.25) is 0 Å². The number of esters is 2. The Morgan fingerprint density at radius 1 is 0.800 bits per heavy atom. The van der Waals surface area contributed by atoms with E-state index in [1.165, 1.54) is 42.3 Å². The third-order valence-corrected chi connectivity index (χ3v) is 9.59. The van der Waals surface area contributed by atoms with Crippen LogP contribution in [0.25, 0.3) is 0 Å². The average Bonchev–Trinajstić information content (AvgIpc) is 3.11. The summed E-state index contributed by atoms with van der Waals surface area (Å²) in [6, 6.07) is 17.5. The molecule has 1 aliphatic heterocycles. The molecule has 3 aromatic carbocycles. The predicted molar refractivity (Wildman–Crippen MR) is 186 cm³/mol. The summed E-state index contributed by atoms with van der Waals surface area (Å²) in [5.74, 6) is 2.33. The van der Waals surface area contributed by atoms with Gasteiger partial charge in [-0.05, 0) is 66.8 Å². The van der Waals surface area contributed by atoms with E-state index in [0.717, 1.165) is 50.0 Å². The maximum atomic E-state index is 12.7. The molecule has 0 radical (unpaired) electrons. The van der Waals surface area contributed by atoms with Crippen LogP contribution in [0.1, 0.15) is 55.3 Å². The highest BCUT2D eigenvalue weighted by Gasteiger charge is 2.40. The molecule has 4 rings (SSSR count). The van der Waals surface area contributed by atoms with Gasteiger partial charge in [0.1, 0.15) is 16.2 Å². The molecule has 3 aromatic rings. The molecular formula is C37H49NO11S. The third kappa shape index (κ3) is 11.6. The molecule has 1 aliphatic rings. The van der Waals surface area contributed by atoms with Crippen LogP contribution in [0.3, 0.4) is 0 Å². The smallest absolute Gasteiger partial charge is 0.311 e. The van der Waals surface area contributed by atoms with Crippen molar-refractivity contribution in [2.75, 3.05) is 61.8 Å². The Bertz CT molecular complexity index is 1660. The van der Waals surface area contributed by atoms with Crippen molar-refractivity contribution in [2.24, 2.45) is 0 Å². The van der Waals surface area contributed by atoms with Gasteiger partial charge in [-0.2, -0.15) is 0 Å². The number of quaternary nitrogens is 1. The minimum atomic E-state index is -4.25. The van der Waals surface area contributed by atoms with E-state index in [9.17, 15) is 22.6 Å². The van der Waals surface area contributed by atoms with Gasteiger partial charge < -0.3 is 37.5 Å². The van der Waals surface area contributed by atoms with Crippen LogP contribution >= 0.6 is 0 Å². The number of likely N-dealkylation sites (N-methyl/N-ethyl adjacent to an activating group) is 1. The molecule has 0 amide bonds. The SMILES string of the molecule is COc1ccc(C[C@@H]2c3cc(OC)c(OC)cc3CC[N@+]2(C)CCC(=O)OCCCCCOC(C)=O)cc1OC.O=S(=O)([O-])c1ccccc1. The molecule has 1 heterocycles. The Labute approximate surface area is 295 Å². The first-order valence-electron chi connectivity index (χ1n) is 16.4. The molecule has 0 unspecified atom stereocenters. The molecule has 12 nitrogen and oxygen atoms in total. The molecular weight excluding hydrogens is 666 g/mol. The van der Waals surface area contributed by atoms with Crippen LogP contribution in [-0.2, 0) is 42.0 Å². The summed E-state index contributed by atoms with van der Waals surface area (Å²) < 4.78 is 64.2. The Hall–Kier alpha value is -4.33. The normalized spacial score (nSPS) is 16.6. The lowest BCUT2D eigenvalue weighted by atomic mass is 9.86. The fraction of sp³-hybridized carbons (Fsp3) is 0.459. The zero-order chi connectivity index (χ0) is 36.7. The van der Waals surface area contributed by atoms with Gasteiger partial charge in [0.05, 0.1) is 73.1 Å². The first-order chi connectivity index (χ1) is 23.8. The van der Waals surface area contributed by atoms with E-state index in [1.54, 1.807) is 34.5 Å². The lowest BCUT2D eigenvalue weighted by Gasteiger charge is -2.46. The number of unbranched alkanes of at least 4 members (excludes halogenated alkanes) is 2. The van der Waals surface area contributed by atoms with Crippen molar-refractivity contribution in [2.45, 2.75) is 56.4 Å². The van der Waals surface area contributed by atoms with Gasteiger partial charge in [-0.1, -0.05) is 24.3 Å². The molecule has 0 spiro atoms. The topological polar surface area (TPSA) is 147 Å². The van der Waals surface area contributed by atoms with Crippen molar-refractivity contribution in [1.82, 2.24) is 0 Å². The Morgan fingerprint density at radius 3 is 1.98 bits per heavy atom. The van der Waals surface area contributed by atoms with E-state index < -0.39 is 10.1 Å². The van der Waals surface area contributed by atoms with E-state index in [1.807, 2.05) is 12.1 Å². The maximum absolute atomic E-state index is 12.7. The maximum Gasteiger partial charge on any atom is 0.311 e. The van der Waals surface area contributed by atoms with Gasteiger partial charge >= 0.3 is 11.9 Å². The van der Waals surface area contributed by atoms with Crippen molar-refractivity contribution in [3.63, 3.8) is 0 Å². The number of hydrogen-bond acceptors (Lipinski definition) is 11. The van der Waals surface area contributed by atoms with Crippen molar-refractivity contribution < 1.29 is 55.5 Å². The number of fused-ring (bicyclic) bond motifs is 1. The summed E-state index contributed by atoms with van der Waals surface area (Å²) >= 11 is 0. The summed E-state index contributed by atoms with van der Waals surface area (Å²) in [6.45, 7) is 3.70. The van der Waals surface area contributed by atoms with E-state index in [2.05, 4.69) is 25.2 Å². The van der Waals surface area contributed by atoms with Crippen molar-refractivity contribution >= 4 is 22.1 Å². The number of carbonyl (C=O) groups is 2. The zero-order valence-corrected chi connectivity index (χ0v) is 30.6. The lowest BCUT2D eigenvalue weighted by molar-refractivity contribution is -0.940. The molecule has 0 aromatic heterocycles. The monoisotopic (exact) mass is 715 g/mol. The number of rotatable bonds is 16. The number of ether oxygens (including phenoxy) is 6. The highest BCUT2D eigenvalue weighted by Crippen LogP contribution is 2.43. The van der Waals surface area contributed by atoms with Crippen molar-refractivity contribution in [3.05, 3.63) is 77.4 Å². The van der Waals surface area contributed by atoms with E-state index in [-0.39, 0.29) is 22.9 Å². The molecule has 0 N–H and O–H groups in total. The lowest BCUT2D eigenvalue weighted by Crippen LogP contribution is -2.53. The van der Waals surface area contributed by atoms with Gasteiger partial charge in [-0.3, -0.25) is 9.59 Å². The molecule has 0 saturated heterocycles. The van der Waals surface area contributed by atoms with E-state index in [0.29, 0.717) is 47.9 Å². The number of methoxy groups -OCH3 is 4. The van der Waals surface area contributed by atoms with Crippen LogP contribution < -0.4 is 18.9 Å². The minimum absolute atomic E-state index is 0.0794. The van der Waals surface area contributed by atoms with Gasteiger partial charge in [0.25, 0.3) is 0 Å². The van der Waals surface area contributed by atoms with Crippen LogP contribution in [-0.4, -0.2) is 91.2 Å². The Kier molecular flexibility index (Phi) is 15.4. The van der Waals surface area contributed by atoms with Gasteiger partial charge in [-0.15, -0.1) is 0 Å². The quantitative estimate of drug-likeness (QED) is 0.0828.